The van der Waals surface area contributed by atoms with Gasteiger partial charge in [-0.2, -0.15) is 23.5 Å². The molecule has 2 heterocycles. The van der Waals surface area contributed by atoms with Gasteiger partial charge in [0.25, 0.3) is 0 Å². The number of halogens is 3. The minimum atomic E-state index is -4.69. The summed E-state index contributed by atoms with van der Waals surface area (Å²) in [5.74, 6) is -0.666. The van der Waals surface area contributed by atoms with E-state index in [2.05, 4.69) is 10.4 Å². The summed E-state index contributed by atoms with van der Waals surface area (Å²) in [5.41, 5.74) is -0.323. The second kappa shape index (κ2) is 11.2. The number of benzene rings is 1. The first-order valence-corrected chi connectivity index (χ1v) is 11.1. The Bertz CT molecular complexity index is 1090. The Labute approximate surface area is 201 Å². The lowest BCUT2D eigenvalue weighted by atomic mass is 10.0. The Hall–Kier alpha value is -3.59. The number of carbonyl (C=O) groups excluding carboxylic acids is 2. The van der Waals surface area contributed by atoms with E-state index in [0.29, 0.717) is 6.54 Å². The maximum atomic E-state index is 13.4. The number of amides is 2. The van der Waals surface area contributed by atoms with Gasteiger partial charge in [0, 0.05) is 58.1 Å². The number of nitrogens with zero attached hydrogens (tertiary/aromatic N) is 5. The molecule has 1 aromatic heterocycles. The van der Waals surface area contributed by atoms with E-state index >= 15 is 0 Å². The first-order valence-electron chi connectivity index (χ1n) is 11.1. The van der Waals surface area contributed by atoms with Crippen molar-refractivity contribution in [3.8, 4) is 6.07 Å². The fraction of sp³-hybridized carbons (Fsp3) is 0.478. The molecule has 188 valence electrons. The van der Waals surface area contributed by atoms with E-state index in [4.69, 9.17) is 10.00 Å². The predicted octanol–water partition coefficient (Wildman–Crippen LogP) is 1.95. The molecule has 0 radical (unpaired) electrons. The normalized spacial score (nSPS) is 16.2. The van der Waals surface area contributed by atoms with E-state index in [9.17, 15) is 22.8 Å². The summed E-state index contributed by atoms with van der Waals surface area (Å²) in [7, 11) is 1.49. The van der Waals surface area contributed by atoms with Crippen molar-refractivity contribution < 1.29 is 27.5 Å². The zero-order chi connectivity index (χ0) is 25.6. The van der Waals surface area contributed by atoms with Crippen LogP contribution in [-0.4, -0.2) is 72.4 Å². The number of nitrogens with one attached hydrogen (secondary N) is 1. The number of hydrogen-bond acceptors (Lipinski definition) is 6. The number of aryl methyl sites for hydroxylation is 2. The second-order valence-electron chi connectivity index (χ2n) is 8.20. The molecule has 35 heavy (non-hydrogen) atoms. The van der Waals surface area contributed by atoms with Gasteiger partial charge < -0.3 is 19.9 Å². The Balaban J connectivity index is 1.79. The van der Waals surface area contributed by atoms with Crippen LogP contribution in [0.3, 0.4) is 0 Å². The molecule has 1 fully saturated rings. The Morgan fingerprint density at radius 2 is 2.09 bits per heavy atom. The van der Waals surface area contributed by atoms with Crippen molar-refractivity contribution >= 4 is 17.5 Å². The van der Waals surface area contributed by atoms with Gasteiger partial charge in [-0.25, -0.2) is 0 Å². The SMILES string of the molecule is COCCNC(=O)C1CN(c2ccc(C#N)c(C(F)(F)F)c2)CCN1C(=O)CCn1cc(C)cn1. The van der Waals surface area contributed by atoms with Gasteiger partial charge in [-0.1, -0.05) is 0 Å². The van der Waals surface area contributed by atoms with Crippen molar-refractivity contribution in [1.82, 2.24) is 20.0 Å². The lowest BCUT2D eigenvalue weighted by Crippen LogP contribution is -2.61. The summed E-state index contributed by atoms with van der Waals surface area (Å²) < 4.78 is 46.9. The van der Waals surface area contributed by atoms with Crippen molar-refractivity contribution in [3.05, 3.63) is 47.3 Å². The van der Waals surface area contributed by atoms with Gasteiger partial charge in [-0.15, -0.1) is 0 Å². The molecule has 0 aliphatic carbocycles. The quantitative estimate of drug-likeness (QED) is 0.565. The molecule has 2 amide bonds. The number of rotatable bonds is 8. The van der Waals surface area contributed by atoms with Crippen LogP contribution in [-0.2, 0) is 27.0 Å². The minimum Gasteiger partial charge on any atom is -0.383 e. The number of piperazine rings is 1. The zero-order valence-corrected chi connectivity index (χ0v) is 19.5. The Morgan fingerprint density at radius 1 is 1.31 bits per heavy atom. The third kappa shape index (κ3) is 6.51. The van der Waals surface area contributed by atoms with Crippen LogP contribution in [0.25, 0.3) is 0 Å². The number of alkyl halides is 3. The van der Waals surface area contributed by atoms with E-state index in [1.807, 2.05) is 13.1 Å². The molecule has 3 rings (SSSR count). The maximum absolute atomic E-state index is 13.4. The van der Waals surface area contributed by atoms with Gasteiger partial charge in [0.2, 0.25) is 11.8 Å². The van der Waals surface area contributed by atoms with Crippen LogP contribution in [0.15, 0.2) is 30.6 Å². The highest BCUT2D eigenvalue weighted by Gasteiger charge is 2.37. The topological polar surface area (TPSA) is 103 Å². The Kier molecular flexibility index (Phi) is 8.34. The van der Waals surface area contributed by atoms with Crippen LogP contribution in [0.4, 0.5) is 18.9 Å². The van der Waals surface area contributed by atoms with Gasteiger partial charge in [0.05, 0.1) is 30.0 Å². The van der Waals surface area contributed by atoms with Crippen molar-refractivity contribution in [2.75, 3.05) is 44.8 Å². The largest absolute Gasteiger partial charge is 0.417 e. The highest BCUT2D eigenvalue weighted by molar-refractivity contribution is 5.88. The average molecular weight is 493 g/mol. The number of ether oxygens (including phenoxy) is 1. The summed E-state index contributed by atoms with van der Waals surface area (Å²) in [6.45, 7) is 3.13. The average Bonchev–Trinajstić information content (AvgIpc) is 3.26. The number of carbonyl (C=O) groups is 2. The highest BCUT2D eigenvalue weighted by atomic mass is 19.4. The summed E-state index contributed by atoms with van der Waals surface area (Å²) in [4.78, 5) is 29.0. The first kappa shape index (κ1) is 26.0. The fourth-order valence-electron chi connectivity index (χ4n) is 3.94. The van der Waals surface area contributed by atoms with Crippen LogP contribution in [0.1, 0.15) is 23.1 Å². The van der Waals surface area contributed by atoms with Gasteiger partial charge in [0.15, 0.2) is 0 Å². The lowest BCUT2D eigenvalue weighted by molar-refractivity contribution is -0.141. The molecule has 9 nitrogen and oxygen atoms in total. The molecule has 12 heteroatoms. The third-order valence-corrected chi connectivity index (χ3v) is 5.72. The highest BCUT2D eigenvalue weighted by Crippen LogP contribution is 2.35. The number of nitriles is 1. The summed E-state index contributed by atoms with van der Waals surface area (Å²) in [5, 5.41) is 15.9. The Morgan fingerprint density at radius 3 is 2.71 bits per heavy atom. The van der Waals surface area contributed by atoms with Gasteiger partial charge in [0.1, 0.15) is 6.04 Å². The molecule has 0 bridgehead atoms. The molecule has 1 N–H and O–H groups in total. The van der Waals surface area contributed by atoms with Gasteiger partial charge >= 0.3 is 6.18 Å². The van der Waals surface area contributed by atoms with Gasteiger partial charge in [-0.3, -0.25) is 14.3 Å². The van der Waals surface area contributed by atoms with Crippen LogP contribution >= 0.6 is 0 Å². The fourth-order valence-corrected chi connectivity index (χ4v) is 3.94. The molecular formula is C23H27F3N6O3. The number of hydrogen-bond donors (Lipinski definition) is 1. The molecule has 0 saturated carbocycles. The van der Waals surface area contributed by atoms with Crippen molar-refractivity contribution in [2.24, 2.45) is 0 Å². The molecule has 1 aromatic carbocycles. The smallest absolute Gasteiger partial charge is 0.383 e. The van der Waals surface area contributed by atoms with Crippen molar-refractivity contribution in [3.63, 3.8) is 0 Å². The predicted molar refractivity (Wildman–Crippen MR) is 120 cm³/mol. The summed E-state index contributed by atoms with van der Waals surface area (Å²) in [6, 6.07) is 4.11. The van der Waals surface area contributed by atoms with E-state index in [0.717, 1.165) is 17.7 Å². The van der Waals surface area contributed by atoms with E-state index in [-0.39, 0.29) is 50.8 Å². The molecule has 1 unspecified atom stereocenters. The monoisotopic (exact) mass is 492 g/mol. The van der Waals surface area contributed by atoms with Crippen LogP contribution < -0.4 is 10.2 Å². The van der Waals surface area contributed by atoms with Crippen LogP contribution in [0.2, 0.25) is 0 Å². The number of anilines is 1. The molecule has 1 aliphatic rings. The van der Waals surface area contributed by atoms with Crippen molar-refractivity contribution in [2.45, 2.75) is 32.1 Å². The van der Waals surface area contributed by atoms with Crippen LogP contribution in [0, 0.1) is 18.3 Å². The lowest BCUT2D eigenvalue weighted by Gasteiger charge is -2.41. The standard InChI is InChI=1S/C23H27F3N6O3/c1-16-13-29-31(14-16)7-5-21(33)32-9-8-30(15-20(32)22(34)28-6-10-35-2)18-4-3-17(12-27)19(11-18)23(24,25)26/h3-4,11,13-14,20H,5-10,15H2,1-2H3,(H,28,34). The molecule has 2 aromatic rings. The molecule has 0 spiro atoms. The molecule has 1 saturated heterocycles. The molecule has 1 atom stereocenters. The minimum absolute atomic E-state index is 0.00856. The summed E-state index contributed by atoms with van der Waals surface area (Å²) in [6.07, 6.45) is -1.08. The number of methoxy groups -OCH3 is 1. The first-order chi connectivity index (χ1) is 16.6. The molecular weight excluding hydrogens is 465 g/mol. The van der Waals surface area contributed by atoms with E-state index in [1.165, 1.54) is 18.1 Å². The van der Waals surface area contributed by atoms with E-state index in [1.54, 1.807) is 21.8 Å². The second-order valence-corrected chi connectivity index (χ2v) is 8.20. The van der Waals surface area contributed by atoms with E-state index < -0.39 is 29.3 Å². The van der Waals surface area contributed by atoms with Crippen molar-refractivity contribution in [1.29, 1.82) is 5.26 Å². The third-order valence-electron chi connectivity index (χ3n) is 5.72. The number of aromatic nitrogens is 2. The molecule has 1 aliphatic heterocycles. The maximum Gasteiger partial charge on any atom is 0.417 e. The zero-order valence-electron chi connectivity index (χ0n) is 19.5. The van der Waals surface area contributed by atoms with Crippen LogP contribution in [0.5, 0.6) is 0 Å². The summed E-state index contributed by atoms with van der Waals surface area (Å²) >= 11 is 0. The van der Waals surface area contributed by atoms with Gasteiger partial charge in [-0.05, 0) is 30.7 Å².